The van der Waals surface area contributed by atoms with Crippen LogP contribution in [0.3, 0.4) is 0 Å². The van der Waals surface area contributed by atoms with Crippen molar-refractivity contribution in [2.24, 2.45) is 0 Å². The number of anilines is 1. The molecule has 0 atom stereocenters. The van der Waals surface area contributed by atoms with E-state index >= 15 is 0 Å². The van der Waals surface area contributed by atoms with E-state index in [0.717, 1.165) is 24.1 Å². The Balaban J connectivity index is 1.58. The molecule has 2 fully saturated rings. The van der Waals surface area contributed by atoms with Gasteiger partial charge in [-0.05, 0) is 17.7 Å². The standard InChI is InChI=1S/C17H24N2O4/c1-21-12-14-2-4-15(5-3-14)18-16(20)19-8-11-23-17(13-19)6-9-22-10-7-17/h2-5H,6-13H2,1H3,(H,18,20). The lowest BCUT2D eigenvalue weighted by atomic mass is 9.92. The highest BCUT2D eigenvalue weighted by Gasteiger charge is 2.39. The predicted molar refractivity (Wildman–Crippen MR) is 86.5 cm³/mol. The summed E-state index contributed by atoms with van der Waals surface area (Å²) in [4.78, 5) is 14.4. The van der Waals surface area contributed by atoms with E-state index in [-0.39, 0.29) is 11.6 Å². The summed E-state index contributed by atoms with van der Waals surface area (Å²) >= 11 is 0. The number of ether oxygens (including phenoxy) is 3. The molecule has 2 heterocycles. The zero-order valence-electron chi connectivity index (χ0n) is 13.5. The molecule has 3 rings (SSSR count). The van der Waals surface area contributed by atoms with Gasteiger partial charge in [-0.15, -0.1) is 0 Å². The van der Waals surface area contributed by atoms with Crippen molar-refractivity contribution in [2.45, 2.75) is 25.0 Å². The average Bonchev–Trinajstić information content (AvgIpc) is 2.58. The van der Waals surface area contributed by atoms with Gasteiger partial charge in [-0.2, -0.15) is 0 Å². The molecular formula is C17H24N2O4. The van der Waals surface area contributed by atoms with Gasteiger partial charge in [-0.1, -0.05) is 12.1 Å². The van der Waals surface area contributed by atoms with E-state index in [4.69, 9.17) is 14.2 Å². The van der Waals surface area contributed by atoms with Crippen LogP contribution in [0.2, 0.25) is 0 Å². The van der Waals surface area contributed by atoms with E-state index in [1.807, 2.05) is 29.2 Å². The van der Waals surface area contributed by atoms with Crippen LogP contribution in [0.5, 0.6) is 0 Å². The van der Waals surface area contributed by atoms with Crippen molar-refractivity contribution < 1.29 is 19.0 Å². The number of urea groups is 1. The van der Waals surface area contributed by atoms with Crippen LogP contribution in [-0.2, 0) is 20.8 Å². The van der Waals surface area contributed by atoms with Gasteiger partial charge < -0.3 is 24.4 Å². The largest absolute Gasteiger partial charge is 0.381 e. The molecule has 6 nitrogen and oxygen atoms in total. The molecule has 1 aromatic rings. The highest BCUT2D eigenvalue weighted by atomic mass is 16.5. The van der Waals surface area contributed by atoms with Crippen LogP contribution in [0.1, 0.15) is 18.4 Å². The Bertz CT molecular complexity index is 520. The number of benzene rings is 1. The second-order valence-corrected chi connectivity index (χ2v) is 6.13. The summed E-state index contributed by atoms with van der Waals surface area (Å²) in [5.41, 5.74) is 1.65. The lowest BCUT2D eigenvalue weighted by Gasteiger charge is -2.44. The van der Waals surface area contributed by atoms with Crippen molar-refractivity contribution in [1.29, 1.82) is 0 Å². The first kappa shape index (κ1) is 16.2. The summed E-state index contributed by atoms with van der Waals surface area (Å²) in [6, 6.07) is 7.64. The number of morpholine rings is 1. The molecule has 0 saturated carbocycles. The smallest absolute Gasteiger partial charge is 0.322 e. The molecule has 0 bridgehead atoms. The normalized spacial score (nSPS) is 20.5. The highest BCUT2D eigenvalue weighted by Crippen LogP contribution is 2.29. The maximum absolute atomic E-state index is 12.5. The van der Waals surface area contributed by atoms with Gasteiger partial charge in [0.1, 0.15) is 0 Å². The van der Waals surface area contributed by atoms with Crippen LogP contribution in [0.4, 0.5) is 10.5 Å². The number of rotatable bonds is 3. The minimum Gasteiger partial charge on any atom is -0.381 e. The first-order valence-corrected chi connectivity index (χ1v) is 8.06. The van der Waals surface area contributed by atoms with E-state index in [9.17, 15) is 4.79 Å². The Kier molecular flexibility index (Phi) is 5.15. The molecule has 0 radical (unpaired) electrons. The van der Waals surface area contributed by atoms with Gasteiger partial charge in [0.15, 0.2) is 0 Å². The number of nitrogens with zero attached hydrogens (tertiary/aromatic N) is 1. The number of carbonyl (C=O) groups excluding carboxylic acids is 1. The second-order valence-electron chi connectivity index (χ2n) is 6.13. The minimum absolute atomic E-state index is 0.0707. The third-order valence-electron chi connectivity index (χ3n) is 4.46. The zero-order chi connectivity index (χ0) is 16.1. The highest BCUT2D eigenvalue weighted by molar-refractivity contribution is 5.89. The van der Waals surface area contributed by atoms with E-state index < -0.39 is 0 Å². The first-order valence-electron chi connectivity index (χ1n) is 8.06. The number of methoxy groups -OCH3 is 1. The number of hydrogen-bond acceptors (Lipinski definition) is 4. The molecule has 1 N–H and O–H groups in total. The van der Waals surface area contributed by atoms with Gasteiger partial charge in [-0.3, -0.25) is 0 Å². The zero-order valence-corrected chi connectivity index (χ0v) is 13.5. The summed E-state index contributed by atoms with van der Waals surface area (Å²) < 4.78 is 16.5. The Hall–Kier alpha value is -1.63. The van der Waals surface area contributed by atoms with Crippen molar-refractivity contribution in [3.63, 3.8) is 0 Å². The Morgan fingerprint density at radius 2 is 2.00 bits per heavy atom. The van der Waals surface area contributed by atoms with E-state index in [0.29, 0.717) is 39.5 Å². The summed E-state index contributed by atoms with van der Waals surface area (Å²) in [5.74, 6) is 0. The molecule has 1 spiro atoms. The fourth-order valence-corrected chi connectivity index (χ4v) is 3.12. The number of nitrogens with one attached hydrogen (secondary N) is 1. The maximum Gasteiger partial charge on any atom is 0.322 e. The van der Waals surface area contributed by atoms with Gasteiger partial charge in [0.05, 0.1) is 25.4 Å². The van der Waals surface area contributed by atoms with Crippen molar-refractivity contribution in [3.05, 3.63) is 29.8 Å². The number of hydrogen-bond donors (Lipinski definition) is 1. The number of carbonyl (C=O) groups is 1. The molecule has 0 aromatic heterocycles. The van der Waals surface area contributed by atoms with Gasteiger partial charge in [-0.25, -0.2) is 4.79 Å². The van der Waals surface area contributed by atoms with Gasteiger partial charge in [0, 0.05) is 45.4 Å². The second kappa shape index (κ2) is 7.29. The first-order chi connectivity index (χ1) is 11.2. The van der Waals surface area contributed by atoms with E-state index in [1.54, 1.807) is 7.11 Å². The molecular weight excluding hydrogens is 296 g/mol. The minimum atomic E-state index is -0.226. The molecule has 0 aliphatic carbocycles. The van der Waals surface area contributed by atoms with E-state index in [1.165, 1.54) is 0 Å². The molecule has 23 heavy (non-hydrogen) atoms. The van der Waals surface area contributed by atoms with Crippen molar-refractivity contribution in [2.75, 3.05) is 45.3 Å². The molecule has 2 aliphatic rings. The molecule has 0 unspecified atom stereocenters. The molecule has 2 saturated heterocycles. The molecule has 126 valence electrons. The fourth-order valence-electron chi connectivity index (χ4n) is 3.12. The van der Waals surface area contributed by atoms with Crippen LogP contribution < -0.4 is 5.32 Å². The fraction of sp³-hybridized carbons (Fsp3) is 0.588. The van der Waals surface area contributed by atoms with Gasteiger partial charge >= 0.3 is 6.03 Å². The van der Waals surface area contributed by atoms with Crippen molar-refractivity contribution in [1.82, 2.24) is 4.90 Å². The van der Waals surface area contributed by atoms with Crippen LogP contribution >= 0.6 is 0 Å². The summed E-state index contributed by atoms with van der Waals surface area (Å²) in [5, 5.41) is 2.96. The monoisotopic (exact) mass is 320 g/mol. The van der Waals surface area contributed by atoms with Crippen LogP contribution in [0.15, 0.2) is 24.3 Å². The molecule has 6 heteroatoms. The van der Waals surface area contributed by atoms with Crippen molar-refractivity contribution >= 4 is 11.7 Å². The van der Waals surface area contributed by atoms with Gasteiger partial charge in [0.2, 0.25) is 0 Å². The van der Waals surface area contributed by atoms with Crippen LogP contribution in [0, 0.1) is 0 Å². The third-order valence-corrected chi connectivity index (χ3v) is 4.46. The Morgan fingerprint density at radius 1 is 1.26 bits per heavy atom. The summed E-state index contributed by atoms with van der Waals surface area (Å²) in [6.45, 7) is 3.81. The molecule has 2 amide bonds. The summed E-state index contributed by atoms with van der Waals surface area (Å²) in [6.07, 6.45) is 1.70. The predicted octanol–water partition coefficient (Wildman–Crippen LogP) is 2.25. The Morgan fingerprint density at radius 3 is 2.70 bits per heavy atom. The van der Waals surface area contributed by atoms with Crippen molar-refractivity contribution in [3.8, 4) is 0 Å². The lowest BCUT2D eigenvalue weighted by molar-refractivity contribution is -0.144. The topological polar surface area (TPSA) is 60.0 Å². The maximum atomic E-state index is 12.5. The van der Waals surface area contributed by atoms with E-state index in [2.05, 4.69) is 5.32 Å². The summed E-state index contributed by atoms with van der Waals surface area (Å²) in [7, 11) is 1.67. The quantitative estimate of drug-likeness (QED) is 0.928. The van der Waals surface area contributed by atoms with Crippen LogP contribution in [0.25, 0.3) is 0 Å². The molecule has 1 aromatic carbocycles. The number of amides is 2. The molecule has 2 aliphatic heterocycles. The Labute approximate surface area is 136 Å². The third kappa shape index (κ3) is 4.02. The lowest BCUT2D eigenvalue weighted by Crippen LogP contribution is -2.56. The van der Waals surface area contributed by atoms with Crippen LogP contribution in [-0.4, -0.2) is 56.6 Å². The average molecular weight is 320 g/mol. The van der Waals surface area contributed by atoms with Gasteiger partial charge in [0.25, 0.3) is 0 Å². The SMILES string of the molecule is COCc1ccc(NC(=O)N2CCOC3(CCOCC3)C2)cc1.